The van der Waals surface area contributed by atoms with Gasteiger partial charge in [-0.15, -0.1) is 0 Å². The number of aliphatic hydroxyl groups is 1. The van der Waals surface area contributed by atoms with Gasteiger partial charge in [0.1, 0.15) is 0 Å². The van der Waals surface area contributed by atoms with Gasteiger partial charge >= 0.3 is 11.9 Å². The molecular weight excluding hydrogens is 224 g/mol. The molecule has 0 aliphatic rings. The normalized spacial score (nSPS) is 12.1. The molecule has 0 spiro atoms. The molecule has 0 amide bonds. The molecule has 0 heterocycles. The molecule has 0 aliphatic carbocycles. The molecule has 0 bridgehead atoms. The minimum Gasteiger partial charge on any atom is -0.481 e. The molecule has 0 saturated heterocycles. The van der Waals surface area contributed by atoms with Crippen molar-refractivity contribution in [3.8, 4) is 0 Å². The van der Waals surface area contributed by atoms with Crippen LogP contribution >= 0.6 is 0 Å². The van der Waals surface area contributed by atoms with Gasteiger partial charge in [-0.2, -0.15) is 0 Å². The summed E-state index contributed by atoms with van der Waals surface area (Å²) in [4.78, 5) is 21.3. The van der Waals surface area contributed by atoms with E-state index < -0.39 is 18.0 Å². The number of benzene rings is 1. The molecule has 1 aromatic carbocycles. The lowest BCUT2D eigenvalue weighted by atomic mass is 9.94. The van der Waals surface area contributed by atoms with E-state index in [1.807, 2.05) is 0 Å². The van der Waals surface area contributed by atoms with Gasteiger partial charge in [-0.05, 0) is 30.0 Å². The minimum absolute atomic E-state index is 0.0931. The van der Waals surface area contributed by atoms with E-state index in [1.54, 1.807) is 19.1 Å². The van der Waals surface area contributed by atoms with Crippen molar-refractivity contribution in [2.75, 3.05) is 0 Å². The highest BCUT2D eigenvalue weighted by Crippen LogP contribution is 2.23. The maximum atomic E-state index is 10.7. The summed E-state index contributed by atoms with van der Waals surface area (Å²) in [5, 5.41) is 26.9. The fourth-order valence-corrected chi connectivity index (χ4v) is 1.69. The average molecular weight is 238 g/mol. The van der Waals surface area contributed by atoms with E-state index in [2.05, 4.69) is 0 Å². The third kappa shape index (κ3) is 3.29. The van der Waals surface area contributed by atoms with E-state index >= 15 is 0 Å². The molecular formula is C12H14O5. The number of carboxylic acid groups (broad SMARTS) is 2. The Hall–Kier alpha value is -1.88. The molecule has 17 heavy (non-hydrogen) atoms. The fourth-order valence-electron chi connectivity index (χ4n) is 1.69. The summed E-state index contributed by atoms with van der Waals surface area (Å²) in [5.74, 6) is -2.30. The van der Waals surface area contributed by atoms with Crippen molar-refractivity contribution in [2.45, 2.75) is 25.9 Å². The molecule has 0 aliphatic heterocycles. The van der Waals surface area contributed by atoms with Crippen LogP contribution in [0.25, 0.3) is 0 Å². The summed E-state index contributed by atoms with van der Waals surface area (Å²) in [6, 6.07) is 4.90. The Morgan fingerprint density at radius 3 is 2.47 bits per heavy atom. The Morgan fingerprint density at radius 1 is 1.29 bits per heavy atom. The van der Waals surface area contributed by atoms with E-state index in [0.29, 0.717) is 5.56 Å². The second kappa shape index (κ2) is 5.45. The molecule has 1 aromatic rings. The van der Waals surface area contributed by atoms with Gasteiger partial charge in [0.05, 0.1) is 0 Å². The predicted octanol–water partition coefficient (Wildman–Crippen LogP) is 1.13. The first-order chi connectivity index (χ1) is 7.93. The van der Waals surface area contributed by atoms with E-state index in [0.717, 1.165) is 5.56 Å². The first-order valence-corrected chi connectivity index (χ1v) is 5.14. The smallest absolute Gasteiger partial charge is 0.337 e. The zero-order chi connectivity index (χ0) is 13.0. The van der Waals surface area contributed by atoms with Crippen molar-refractivity contribution >= 4 is 11.9 Å². The largest absolute Gasteiger partial charge is 0.481 e. The third-order valence-corrected chi connectivity index (χ3v) is 2.56. The molecule has 0 saturated carbocycles. The van der Waals surface area contributed by atoms with Crippen molar-refractivity contribution < 1.29 is 24.9 Å². The zero-order valence-electron chi connectivity index (χ0n) is 9.38. The Kier molecular flexibility index (Phi) is 4.23. The van der Waals surface area contributed by atoms with Gasteiger partial charge < -0.3 is 15.3 Å². The van der Waals surface area contributed by atoms with Gasteiger partial charge in [-0.1, -0.05) is 18.2 Å². The van der Waals surface area contributed by atoms with Crippen molar-refractivity contribution in [2.24, 2.45) is 0 Å². The van der Waals surface area contributed by atoms with E-state index in [1.165, 1.54) is 6.07 Å². The monoisotopic (exact) mass is 238 g/mol. The predicted molar refractivity (Wildman–Crippen MR) is 59.7 cm³/mol. The number of hydrogen-bond acceptors (Lipinski definition) is 3. The average Bonchev–Trinajstić information content (AvgIpc) is 2.25. The third-order valence-electron chi connectivity index (χ3n) is 2.56. The molecule has 5 nitrogen and oxygen atoms in total. The Balaban J connectivity index is 3.07. The van der Waals surface area contributed by atoms with Crippen LogP contribution in [-0.2, 0) is 16.0 Å². The van der Waals surface area contributed by atoms with Crippen LogP contribution in [0.1, 0.15) is 29.2 Å². The lowest BCUT2D eigenvalue weighted by Gasteiger charge is -2.14. The van der Waals surface area contributed by atoms with Crippen LogP contribution in [0, 0.1) is 6.92 Å². The van der Waals surface area contributed by atoms with Gasteiger partial charge in [0.2, 0.25) is 0 Å². The summed E-state index contributed by atoms with van der Waals surface area (Å²) in [6.45, 7) is 1.76. The molecule has 5 heteroatoms. The van der Waals surface area contributed by atoms with Gasteiger partial charge in [0.15, 0.2) is 6.10 Å². The lowest BCUT2D eigenvalue weighted by Crippen LogP contribution is -2.14. The Bertz CT molecular complexity index is 439. The summed E-state index contributed by atoms with van der Waals surface area (Å²) < 4.78 is 0. The molecule has 1 atom stereocenters. The molecule has 0 radical (unpaired) electrons. The number of rotatable bonds is 5. The molecule has 1 unspecified atom stereocenters. The number of carboxylic acids is 2. The molecule has 1 rings (SSSR count). The zero-order valence-corrected chi connectivity index (χ0v) is 9.38. The van der Waals surface area contributed by atoms with Crippen molar-refractivity contribution in [1.29, 1.82) is 0 Å². The van der Waals surface area contributed by atoms with Crippen molar-refractivity contribution in [3.05, 3.63) is 34.9 Å². The van der Waals surface area contributed by atoms with Crippen LogP contribution in [0.4, 0.5) is 0 Å². The first-order valence-electron chi connectivity index (χ1n) is 5.14. The van der Waals surface area contributed by atoms with Gasteiger partial charge in [-0.3, -0.25) is 4.79 Å². The van der Waals surface area contributed by atoms with Crippen LogP contribution < -0.4 is 0 Å². The summed E-state index contributed by atoms with van der Waals surface area (Å²) in [7, 11) is 0. The van der Waals surface area contributed by atoms with Crippen LogP contribution in [0.3, 0.4) is 0 Å². The SMILES string of the molecule is Cc1cccc(C(O)C(=O)O)c1CCC(=O)O. The van der Waals surface area contributed by atoms with Gasteiger partial charge in [0.25, 0.3) is 0 Å². The number of aliphatic carboxylic acids is 2. The topological polar surface area (TPSA) is 94.8 Å². The first kappa shape index (κ1) is 13.2. The summed E-state index contributed by atoms with van der Waals surface area (Å²) in [6.07, 6.45) is -1.50. The maximum absolute atomic E-state index is 10.7. The second-order valence-corrected chi connectivity index (χ2v) is 3.78. The van der Waals surface area contributed by atoms with Gasteiger partial charge in [-0.25, -0.2) is 4.79 Å². The quantitative estimate of drug-likeness (QED) is 0.714. The van der Waals surface area contributed by atoms with E-state index in [4.69, 9.17) is 10.2 Å². The van der Waals surface area contributed by atoms with Crippen molar-refractivity contribution in [3.63, 3.8) is 0 Å². The number of aliphatic hydroxyl groups excluding tert-OH is 1. The molecule has 0 fully saturated rings. The van der Waals surface area contributed by atoms with Crippen LogP contribution in [0.2, 0.25) is 0 Å². The number of hydrogen-bond donors (Lipinski definition) is 3. The standard InChI is InChI=1S/C12H14O5/c1-7-3-2-4-9(11(15)12(16)17)8(7)5-6-10(13)14/h2-4,11,15H,5-6H2,1H3,(H,13,14)(H,16,17). The van der Waals surface area contributed by atoms with Crippen LogP contribution in [0.5, 0.6) is 0 Å². The van der Waals surface area contributed by atoms with E-state index in [9.17, 15) is 14.7 Å². The molecule has 0 aromatic heterocycles. The maximum Gasteiger partial charge on any atom is 0.337 e. The Morgan fingerprint density at radius 2 is 1.94 bits per heavy atom. The van der Waals surface area contributed by atoms with Crippen LogP contribution in [0.15, 0.2) is 18.2 Å². The summed E-state index contributed by atoms with van der Waals surface area (Å²) >= 11 is 0. The summed E-state index contributed by atoms with van der Waals surface area (Å²) in [5.41, 5.74) is 1.63. The van der Waals surface area contributed by atoms with Gasteiger partial charge in [0, 0.05) is 6.42 Å². The number of aryl methyl sites for hydroxylation is 1. The fraction of sp³-hybridized carbons (Fsp3) is 0.333. The molecule has 92 valence electrons. The van der Waals surface area contributed by atoms with E-state index in [-0.39, 0.29) is 18.4 Å². The second-order valence-electron chi connectivity index (χ2n) is 3.78. The minimum atomic E-state index is -1.61. The Labute approximate surface area is 98.3 Å². The molecule has 3 N–H and O–H groups in total. The highest BCUT2D eigenvalue weighted by Gasteiger charge is 2.20. The van der Waals surface area contributed by atoms with Crippen molar-refractivity contribution in [1.82, 2.24) is 0 Å². The highest BCUT2D eigenvalue weighted by atomic mass is 16.4. The highest BCUT2D eigenvalue weighted by molar-refractivity contribution is 5.75. The van der Waals surface area contributed by atoms with Crippen LogP contribution in [-0.4, -0.2) is 27.3 Å². The number of carbonyl (C=O) groups is 2. The lowest BCUT2D eigenvalue weighted by molar-refractivity contribution is -0.147.